The Morgan fingerprint density at radius 3 is 2.66 bits per heavy atom. The normalized spacial score (nSPS) is 18.1. The van der Waals surface area contributed by atoms with E-state index >= 15 is 0 Å². The molecule has 1 fully saturated rings. The summed E-state index contributed by atoms with van der Waals surface area (Å²) in [6.45, 7) is 0. The van der Waals surface area contributed by atoms with Gasteiger partial charge in [0, 0.05) is 29.4 Å². The van der Waals surface area contributed by atoms with Crippen LogP contribution in [0.2, 0.25) is 0 Å². The van der Waals surface area contributed by atoms with E-state index in [4.69, 9.17) is 5.26 Å². The minimum atomic E-state index is -1.67. The Kier molecular flexibility index (Phi) is 6.25. The lowest BCUT2D eigenvalue weighted by Gasteiger charge is -2.30. The van der Waals surface area contributed by atoms with Gasteiger partial charge in [-0.25, -0.2) is 9.31 Å². The Morgan fingerprint density at radius 1 is 1.22 bits per heavy atom. The fraction of sp³-hybridized carbons (Fsp3) is 0.333. The number of ether oxygens (including phenoxy) is 1. The van der Waals surface area contributed by atoms with Crippen LogP contribution in [0.25, 0.3) is 16.9 Å². The molecule has 0 radical (unpaired) electrons. The number of alkyl carbamates (subject to hydrolysis) is 1. The standard InChI is InChI=1S/C21H23BN6O4/c1-32-21(29)27-15-4-2-14(3-5-15)26-18-9-19(24-12-17(18)22(30)31)20-7-6-16-8-13(10-23)11-25-28(16)20/h6-9,11-12,14-15,30-31H,2-5H2,1H3,(H,24,26)(H,27,29). The van der Waals surface area contributed by atoms with Crippen molar-refractivity contribution in [1.29, 1.82) is 5.26 Å². The van der Waals surface area contributed by atoms with E-state index in [0.29, 0.717) is 16.9 Å². The van der Waals surface area contributed by atoms with Gasteiger partial charge in [-0.15, -0.1) is 0 Å². The van der Waals surface area contributed by atoms with E-state index in [2.05, 4.69) is 31.5 Å². The average molecular weight is 434 g/mol. The quantitative estimate of drug-likeness (QED) is 0.436. The minimum Gasteiger partial charge on any atom is -0.453 e. The van der Waals surface area contributed by atoms with Crippen molar-refractivity contribution in [3.8, 4) is 17.5 Å². The molecule has 164 valence electrons. The van der Waals surface area contributed by atoms with Crippen molar-refractivity contribution < 1.29 is 19.6 Å². The van der Waals surface area contributed by atoms with Crippen molar-refractivity contribution in [3.63, 3.8) is 0 Å². The number of fused-ring (bicyclic) bond motifs is 1. The first-order valence-electron chi connectivity index (χ1n) is 10.3. The number of carbonyl (C=O) groups is 1. The number of anilines is 1. The van der Waals surface area contributed by atoms with Crippen LogP contribution in [0.5, 0.6) is 0 Å². The second-order valence-electron chi connectivity index (χ2n) is 7.77. The highest BCUT2D eigenvalue weighted by atomic mass is 16.5. The lowest BCUT2D eigenvalue weighted by atomic mass is 9.79. The summed E-state index contributed by atoms with van der Waals surface area (Å²) >= 11 is 0. The maximum absolute atomic E-state index is 11.4. The third kappa shape index (κ3) is 4.51. The van der Waals surface area contributed by atoms with Crippen molar-refractivity contribution in [2.24, 2.45) is 0 Å². The summed E-state index contributed by atoms with van der Waals surface area (Å²) in [5.74, 6) is 0. The number of rotatable bonds is 5. The van der Waals surface area contributed by atoms with Gasteiger partial charge in [0.1, 0.15) is 6.07 Å². The number of nitrogens with zero attached hydrogens (tertiary/aromatic N) is 4. The maximum Gasteiger partial charge on any atom is 0.492 e. The Bertz CT molecular complexity index is 1170. The second kappa shape index (κ2) is 9.26. The highest BCUT2D eigenvalue weighted by Gasteiger charge is 2.25. The molecule has 0 spiro atoms. The summed E-state index contributed by atoms with van der Waals surface area (Å²) in [5, 5.41) is 39.3. The zero-order valence-electron chi connectivity index (χ0n) is 17.5. The smallest absolute Gasteiger partial charge is 0.453 e. The van der Waals surface area contributed by atoms with Crippen LogP contribution in [0.15, 0.2) is 36.7 Å². The predicted octanol–water partition coefficient (Wildman–Crippen LogP) is 1.03. The molecule has 0 aromatic carbocycles. The molecule has 0 saturated heterocycles. The monoisotopic (exact) mass is 434 g/mol. The lowest BCUT2D eigenvalue weighted by Crippen LogP contribution is -2.41. The molecule has 3 aromatic rings. The van der Waals surface area contributed by atoms with Crippen LogP contribution in [0.1, 0.15) is 31.2 Å². The molecular formula is C21H23BN6O4. The highest BCUT2D eigenvalue weighted by Crippen LogP contribution is 2.25. The molecule has 0 bridgehead atoms. The zero-order chi connectivity index (χ0) is 22.7. The summed E-state index contributed by atoms with van der Waals surface area (Å²) < 4.78 is 6.34. The molecule has 11 heteroatoms. The molecule has 1 aliphatic carbocycles. The minimum absolute atomic E-state index is 0.0628. The molecule has 32 heavy (non-hydrogen) atoms. The van der Waals surface area contributed by atoms with Crippen LogP contribution in [0, 0.1) is 11.3 Å². The van der Waals surface area contributed by atoms with Crippen LogP contribution in [-0.2, 0) is 4.74 Å². The molecule has 4 N–H and O–H groups in total. The number of nitrogens with one attached hydrogen (secondary N) is 2. The number of pyridine rings is 1. The number of carbonyl (C=O) groups excluding carboxylic acids is 1. The molecular weight excluding hydrogens is 411 g/mol. The molecule has 1 saturated carbocycles. The Balaban J connectivity index is 1.56. The summed E-state index contributed by atoms with van der Waals surface area (Å²) in [7, 11) is -0.325. The average Bonchev–Trinajstić information content (AvgIpc) is 3.23. The Hall–Kier alpha value is -3.62. The van der Waals surface area contributed by atoms with Gasteiger partial charge in [-0.1, -0.05) is 0 Å². The summed E-state index contributed by atoms with van der Waals surface area (Å²) in [6.07, 6.45) is 5.69. The van der Waals surface area contributed by atoms with Gasteiger partial charge in [0.25, 0.3) is 0 Å². The SMILES string of the molecule is COC(=O)NC1CCC(Nc2cc(-c3ccc4cc(C#N)cnn34)ncc2B(O)O)CC1. The fourth-order valence-corrected chi connectivity index (χ4v) is 4.02. The Labute approximate surface area is 185 Å². The number of amides is 1. The number of hydrogen-bond acceptors (Lipinski definition) is 8. The number of nitriles is 1. The van der Waals surface area contributed by atoms with Gasteiger partial charge >= 0.3 is 13.2 Å². The molecule has 10 nitrogen and oxygen atoms in total. The van der Waals surface area contributed by atoms with Gasteiger partial charge in [-0.2, -0.15) is 10.4 Å². The Morgan fingerprint density at radius 2 is 1.97 bits per heavy atom. The first kappa shape index (κ1) is 21.6. The second-order valence-corrected chi connectivity index (χ2v) is 7.77. The van der Waals surface area contributed by atoms with Crippen LogP contribution in [-0.4, -0.2) is 57.1 Å². The van der Waals surface area contributed by atoms with E-state index in [1.165, 1.54) is 19.5 Å². The van der Waals surface area contributed by atoms with E-state index in [1.54, 1.807) is 16.6 Å². The molecule has 0 unspecified atom stereocenters. The van der Waals surface area contributed by atoms with Crippen molar-refractivity contribution in [2.45, 2.75) is 37.8 Å². The number of hydrogen-bond donors (Lipinski definition) is 4. The predicted molar refractivity (Wildman–Crippen MR) is 118 cm³/mol. The van der Waals surface area contributed by atoms with Gasteiger partial charge in [0.05, 0.1) is 35.8 Å². The fourth-order valence-electron chi connectivity index (χ4n) is 4.02. The van der Waals surface area contributed by atoms with E-state index in [0.717, 1.165) is 36.9 Å². The molecule has 4 rings (SSSR count). The molecule has 0 aliphatic heterocycles. The largest absolute Gasteiger partial charge is 0.492 e. The van der Waals surface area contributed by atoms with Gasteiger partial charge in [0.2, 0.25) is 0 Å². The van der Waals surface area contributed by atoms with Crippen LogP contribution in [0.4, 0.5) is 10.5 Å². The van der Waals surface area contributed by atoms with Crippen LogP contribution < -0.4 is 16.1 Å². The van der Waals surface area contributed by atoms with Crippen LogP contribution in [0.3, 0.4) is 0 Å². The van der Waals surface area contributed by atoms with E-state index in [1.807, 2.05) is 12.1 Å². The van der Waals surface area contributed by atoms with Crippen molar-refractivity contribution in [1.82, 2.24) is 19.9 Å². The van der Waals surface area contributed by atoms with Gasteiger partial charge < -0.3 is 25.4 Å². The van der Waals surface area contributed by atoms with Crippen molar-refractivity contribution in [3.05, 3.63) is 42.2 Å². The molecule has 1 amide bonds. The maximum atomic E-state index is 11.4. The van der Waals surface area contributed by atoms with Crippen molar-refractivity contribution >= 4 is 29.9 Å². The summed E-state index contributed by atoms with van der Waals surface area (Å²) in [4.78, 5) is 15.8. The van der Waals surface area contributed by atoms with Gasteiger partial charge in [-0.05, 0) is 49.9 Å². The molecule has 3 aromatic heterocycles. The van der Waals surface area contributed by atoms with E-state index in [-0.39, 0.29) is 17.5 Å². The lowest BCUT2D eigenvalue weighted by molar-refractivity contribution is 0.162. The summed E-state index contributed by atoms with van der Waals surface area (Å²) in [6, 6.07) is 9.46. The molecule has 3 heterocycles. The highest BCUT2D eigenvalue weighted by molar-refractivity contribution is 6.60. The third-order valence-electron chi connectivity index (χ3n) is 5.70. The number of aromatic nitrogens is 3. The number of methoxy groups -OCH3 is 1. The van der Waals surface area contributed by atoms with Crippen molar-refractivity contribution in [2.75, 3.05) is 12.4 Å². The third-order valence-corrected chi connectivity index (χ3v) is 5.70. The van der Waals surface area contributed by atoms with E-state index < -0.39 is 13.2 Å². The van der Waals surface area contributed by atoms with Crippen LogP contribution >= 0.6 is 0 Å². The summed E-state index contributed by atoms with van der Waals surface area (Å²) in [5.41, 5.74) is 3.42. The topological polar surface area (TPSA) is 145 Å². The molecule has 1 aliphatic rings. The first-order valence-corrected chi connectivity index (χ1v) is 10.3. The van der Waals surface area contributed by atoms with Gasteiger partial charge in [-0.3, -0.25) is 4.98 Å². The first-order chi connectivity index (χ1) is 15.5. The molecule has 0 atom stereocenters. The zero-order valence-corrected chi connectivity index (χ0v) is 17.5. The van der Waals surface area contributed by atoms with Gasteiger partial charge in [0.15, 0.2) is 0 Å². The van der Waals surface area contributed by atoms with E-state index in [9.17, 15) is 14.8 Å².